The second-order valence-electron chi connectivity index (χ2n) is 8.45. The molecular weight excluding hydrogens is 518 g/mol. The average Bonchev–Trinajstić information content (AvgIpc) is 3.20. The summed E-state index contributed by atoms with van der Waals surface area (Å²) < 4.78 is 89.8. The monoisotopic (exact) mass is 538 g/mol. The van der Waals surface area contributed by atoms with Gasteiger partial charge in [0.2, 0.25) is 0 Å². The molecule has 4 aromatic rings. The molecule has 38 heavy (non-hydrogen) atoms. The number of aryl methyl sites for hydroxylation is 1. The van der Waals surface area contributed by atoms with Gasteiger partial charge in [0.05, 0.1) is 17.2 Å². The topological polar surface area (TPSA) is 77.2 Å². The standard InChI is InChI=1S/C26H20F6N2O4/c27-25(28,29)19-12-17(13-20(14-19)26(30,31)32)15-37-21-9-6-16(7-10-21)8-11-22(18-4-2-1-3-5-18)34-23(35)33-24(36)38-34/h1-7,9-10,12-14,22H,8,11,15H2,(H,33,35,36). The number of nitrogens with zero attached hydrogens (tertiary/aromatic N) is 1. The number of rotatable bonds is 8. The van der Waals surface area contributed by atoms with E-state index in [0.717, 1.165) is 15.9 Å². The SMILES string of the molecule is O=c1[nH]c(=O)n(C(CCc2ccc(OCc3cc(C(F)(F)F)cc(C(F)(F)F)c3)cc2)c2ccccc2)o1. The highest BCUT2D eigenvalue weighted by atomic mass is 19.4. The zero-order chi connectivity index (χ0) is 27.5. The lowest BCUT2D eigenvalue weighted by molar-refractivity contribution is -0.143. The lowest BCUT2D eigenvalue weighted by atomic mass is 9.99. The minimum Gasteiger partial charge on any atom is -0.489 e. The van der Waals surface area contributed by atoms with E-state index >= 15 is 0 Å². The lowest BCUT2D eigenvalue weighted by Gasteiger charge is -2.16. The predicted octanol–water partition coefficient (Wildman–Crippen LogP) is 5.97. The van der Waals surface area contributed by atoms with E-state index in [1.165, 1.54) is 12.1 Å². The van der Waals surface area contributed by atoms with Crippen LogP contribution in [0.3, 0.4) is 0 Å². The van der Waals surface area contributed by atoms with Crippen LogP contribution in [0.1, 0.15) is 40.3 Å². The van der Waals surface area contributed by atoms with Gasteiger partial charge >= 0.3 is 23.8 Å². The van der Waals surface area contributed by atoms with Crippen LogP contribution in [0.2, 0.25) is 0 Å². The van der Waals surface area contributed by atoms with Crippen molar-refractivity contribution in [3.8, 4) is 5.75 Å². The van der Waals surface area contributed by atoms with Crippen LogP contribution < -0.4 is 16.2 Å². The van der Waals surface area contributed by atoms with Crippen molar-refractivity contribution in [3.05, 3.63) is 122 Å². The number of benzene rings is 3. The largest absolute Gasteiger partial charge is 0.489 e. The van der Waals surface area contributed by atoms with E-state index in [1.54, 1.807) is 42.5 Å². The van der Waals surface area contributed by atoms with Gasteiger partial charge < -0.3 is 9.26 Å². The number of H-pyrrole nitrogens is 1. The molecule has 200 valence electrons. The van der Waals surface area contributed by atoms with Gasteiger partial charge in [-0.2, -0.15) is 26.3 Å². The molecule has 0 spiro atoms. The number of ether oxygens (including phenoxy) is 1. The fourth-order valence-electron chi connectivity index (χ4n) is 3.92. The van der Waals surface area contributed by atoms with Crippen molar-refractivity contribution >= 4 is 0 Å². The molecule has 1 aromatic heterocycles. The van der Waals surface area contributed by atoms with Gasteiger partial charge in [-0.1, -0.05) is 42.5 Å². The summed E-state index contributed by atoms with van der Waals surface area (Å²) in [5.74, 6) is -0.632. The summed E-state index contributed by atoms with van der Waals surface area (Å²) in [5.41, 5.74) is -2.23. The third-order valence-corrected chi connectivity index (χ3v) is 5.74. The molecule has 3 aromatic carbocycles. The highest BCUT2D eigenvalue weighted by molar-refractivity contribution is 5.34. The van der Waals surface area contributed by atoms with Crippen LogP contribution in [0.4, 0.5) is 26.3 Å². The highest BCUT2D eigenvalue weighted by Gasteiger charge is 2.36. The smallest absolute Gasteiger partial charge is 0.440 e. The Morgan fingerprint density at radius 3 is 1.95 bits per heavy atom. The molecule has 1 unspecified atom stereocenters. The maximum Gasteiger partial charge on any atom is 0.440 e. The first-order valence-electron chi connectivity index (χ1n) is 11.3. The maximum absolute atomic E-state index is 13.1. The van der Waals surface area contributed by atoms with E-state index in [-0.39, 0.29) is 17.4 Å². The number of nitrogens with one attached hydrogen (secondary N) is 1. The number of aromatic nitrogens is 2. The Hall–Kier alpha value is -4.22. The molecule has 1 atom stereocenters. The molecule has 12 heteroatoms. The number of aromatic amines is 1. The summed E-state index contributed by atoms with van der Waals surface area (Å²) in [4.78, 5) is 25.7. The second-order valence-corrected chi connectivity index (χ2v) is 8.45. The highest BCUT2D eigenvalue weighted by Crippen LogP contribution is 2.36. The molecule has 0 aliphatic rings. The van der Waals surface area contributed by atoms with Crippen LogP contribution in [0.15, 0.2) is 86.9 Å². The van der Waals surface area contributed by atoms with Crippen LogP contribution in [0.25, 0.3) is 0 Å². The lowest BCUT2D eigenvalue weighted by Crippen LogP contribution is -2.23. The second kappa shape index (κ2) is 10.6. The average molecular weight is 538 g/mol. The molecule has 0 aliphatic heterocycles. The molecule has 0 bridgehead atoms. The summed E-state index contributed by atoms with van der Waals surface area (Å²) in [6.07, 6.45) is -9.05. The van der Waals surface area contributed by atoms with E-state index in [2.05, 4.69) is 4.98 Å². The van der Waals surface area contributed by atoms with Crippen molar-refractivity contribution in [1.82, 2.24) is 9.72 Å². The molecule has 6 nitrogen and oxygen atoms in total. The number of hydrogen-bond donors (Lipinski definition) is 1. The van der Waals surface area contributed by atoms with E-state index in [1.807, 2.05) is 0 Å². The van der Waals surface area contributed by atoms with Gasteiger partial charge in [-0.15, -0.1) is 4.74 Å². The van der Waals surface area contributed by atoms with Crippen molar-refractivity contribution < 1.29 is 35.6 Å². The first-order valence-corrected chi connectivity index (χ1v) is 11.3. The molecule has 0 fully saturated rings. The Kier molecular flexibility index (Phi) is 7.51. The quantitative estimate of drug-likeness (QED) is 0.281. The molecule has 0 saturated carbocycles. The molecule has 0 aliphatic carbocycles. The minimum atomic E-state index is -4.94. The Morgan fingerprint density at radius 1 is 0.816 bits per heavy atom. The van der Waals surface area contributed by atoms with Gasteiger partial charge in [0.15, 0.2) is 0 Å². The fourth-order valence-corrected chi connectivity index (χ4v) is 3.92. The van der Waals surface area contributed by atoms with Gasteiger partial charge in [0.1, 0.15) is 12.4 Å². The van der Waals surface area contributed by atoms with E-state index in [4.69, 9.17) is 9.26 Å². The molecule has 0 saturated heterocycles. The zero-order valence-corrected chi connectivity index (χ0v) is 19.5. The van der Waals surface area contributed by atoms with Crippen molar-refractivity contribution in [2.24, 2.45) is 0 Å². The van der Waals surface area contributed by atoms with Gasteiger partial charge in [-0.3, -0.25) is 0 Å². The molecule has 4 rings (SSSR count). The summed E-state index contributed by atoms with van der Waals surface area (Å²) >= 11 is 0. The maximum atomic E-state index is 13.1. The predicted molar refractivity (Wildman–Crippen MR) is 124 cm³/mol. The van der Waals surface area contributed by atoms with Crippen LogP contribution in [-0.2, 0) is 25.4 Å². The van der Waals surface area contributed by atoms with Crippen LogP contribution >= 0.6 is 0 Å². The Bertz CT molecular complexity index is 1450. The number of halogens is 6. The molecule has 1 N–H and O–H groups in total. The van der Waals surface area contributed by atoms with E-state index in [9.17, 15) is 35.9 Å². The summed E-state index contributed by atoms with van der Waals surface area (Å²) in [5, 5.41) is 0. The molecular formula is C26H20F6N2O4. The molecule has 1 heterocycles. The van der Waals surface area contributed by atoms with E-state index in [0.29, 0.717) is 25.0 Å². The van der Waals surface area contributed by atoms with Gasteiger partial charge in [-0.05, 0) is 59.9 Å². The van der Waals surface area contributed by atoms with Crippen LogP contribution in [0.5, 0.6) is 5.75 Å². The van der Waals surface area contributed by atoms with Crippen LogP contribution in [-0.4, -0.2) is 9.72 Å². The Morgan fingerprint density at radius 2 is 1.42 bits per heavy atom. The number of alkyl halides is 6. The van der Waals surface area contributed by atoms with Crippen LogP contribution in [0, 0.1) is 0 Å². The van der Waals surface area contributed by atoms with E-state index < -0.39 is 47.6 Å². The number of hydrogen-bond acceptors (Lipinski definition) is 4. The summed E-state index contributed by atoms with van der Waals surface area (Å²) in [7, 11) is 0. The first-order chi connectivity index (χ1) is 17.9. The Balaban J connectivity index is 1.45. The Labute approximate surface area is 211 Å². The third-order valence-electron chi connectivity index (χ3n) is 5.74. The molecule has 0 amide bonds. The van der Waals surface area contributed by atoms with Crippen molar-refractivity contribution in [2.75, 3.05) is 0 Å². The molecule has 0 radical (unpaired) electrons. The zero-order valence-electron chi connectivity index (χ0n) is 19.5. The summed E-state index contributed by atoms with van der Waals surface area (Å²) in [6.45, 7) is -0.502. The van der Waals surface area contributed by atoms with Crippen molar-refractivity contribution in [2.45, 2.75) is 37.8 Å². The fraction of sp³-hybridized carbons (Fsp3) is 0.231. The summed E-state index contributed by atoms with van der Waals surface area (Å²) in [6, 6.07) is 16.1. The van der Waals surface area contributed by atoms with Gasteiger partial charge in [0.25, 0.3) is 0 Å². The van der Waals surface area contributed by atoms with Crippen molar-refractivity contribution in [3.63, 3.8) is 0 Å². The minimum absolute atomic E-state index is 0.0632. The first kappa shape index (κ1) is 26.8. The van der Waals surface area contributed by atoms with Gasteiger partial charge in [-0.25, -0.2) is 14.6 Å². The van der Waals surface area contributed by atoms with Crippen molar-refractivity contribution in [1.29, 1.82) is 0 Å². The normalized spacial score (nSPS) is 12.9. The third kappa shape index (κ3) is 6.55. The van der Waals surface area contributed by atoms with Gasteiger partial charge in [0, 0.05) is 0 Å².